The van der Waals surface area contributed by atoms with Crippen molar-refractivity contribution in [2.24, 2.45) is 17.8 Å². The summed E-state index contributed by atoms with van der Waals surface area (Å²) < 4.78 is 29.3. The van der Waals surface area contributed by atoms with Gasteiger partial charge in [0.1, 0.15) is 17.9 Å². The Hall–Kier alpha value is -1.96. The van der Waals surface area contributed by atoms with Crippen LogP contribution in [0.2, 0.25) is 0 Å². The topological polar surface area (TPSA) is 161 Å². The van der Waals surface area contributed by atoms with Gasteiger partial charge in [0.2, 0.25) is 5.79 Å². The van der Waals surface area contributed by atoms with Crippen molar-refractivity contribution in [2.45, 2.75) is 133 Å². The second kappa shape index (κ2) is 14.2. The quantitative estimate of drug-likeness (QED) is 0.268. The summed E-state index contributed by atoms with van der Waals surface area (Å²) in [5.41, 5.74) is -0.538. The van der Waals surface area contributed by atoms with E-state index in [1.54, 1.807) is 6.92 Å². The minimum atomic E-state index is -2.45. The van der Waals surface area contributed by atoms with Gasteiger partial charge in [0, 0.05) is 45.4 Å². The Morgan fingerprint density at radius 3 is 2.34 bits per heavy atom. The summed E-state index contributed by atoms with van der Waals surface area (Å²) in [4.78, 5) is 54.9. The van der Waals surface area contributed by atoms with Gasteiger partial charge in [0.05, 0.1) is 36.6 Å². The SMILES string of the molecule is CC[C@H]1C(=O)C[C@H](O)CCOC(=O)[C@@H]2CCCCN2C(=O)C(=O)[C@]2(O)O[C@H]([C@@H](OC)C[C@@H](C)C[C@@]3(C)O[C@H]13)[C@@H](OC)C[C@H]2C. The molecule has 44 heavy (non-hydrogen) atoms. The fourth-order valence-corrected chi connectivity index (χ4v) is 7.52. The van der Waals surface area contributed by atoms with E-state index in [4.69, 9.17) is 23.7 Å². The number of ketones is 2. The van der Waals surface area contributed by atoms with E-state index >= 15 is 0 Å². The van der Waals surface area contributed by atoms with Crippen LogP contribution in [-0.2, 0) is 42.9 Å². The number of rotatable bonds is 3. The number of aliphatic hydroxyl groups is 2. The number of cyclic esters (lactones) is 1. The van der Waals surface area contributed by atoms with Crippen molar-refractivity contribution in [2.75, 3.05) is 27.4 Å². The van der Waals surface area contributed by atoms with Gasteiger partial charge in [0.25, 0.3) is 11.7 Å². The zero-order valence-corrected chi connectivity index (χ0v) is 27.0. The predicted molar refractivity (Wildman–Crippen MR) is 156 cm³/mol. The predicted octanol–water partition coefficient (Wildman–Crippen LogP) is 1.95. The Bertz CT molecular complexity index is 1070. The molecule has 12 nitrogen and oxygen atoms in total. The summed E-state index contributed by atoms with van der Waals surface area (Å²) in [7, 11) is 3.05. The summed E-state index contributed by atoms with van der Waals surface area (Å²) in [6.07, 6.45) is 0.146. The summed E-state index contributed by atoms with van der Waals surface area (Å²) >= 11 is 0. The molecule has 0 spiro atoms. The molecule has 2 bridgehead atoms. The number of hydrogen-bond donors (Lipinski definition) is 2. The Labute approximate surface area is 260 Å². The summed E-state index contributed by atoms with van der Waals surface area (Å²) in [5, 5.41) is 22.3. The number of piperidine rings is 1. The van der Waals surface area contributed by atoms with Crippen molar-refractivity contribution in [3.63, 3.8) is 0 Å². The van der Waals surface area contributed by atoms with E-state index in [0.29, 0.717) is 38.5 Å². The van der Waals surface area contributed by atoms with E-state index in [9.17, 15) is 29.4 Å². The molecule has 2 N–H and O–H groups in total. The number of ether oxygens (including phenoxy) is 5. The molecule has 0 aromatic carbocycles. The van der Waals surface area contributed by atoms with E-state index in [1.807, 2.05) is 20.8 Å². The normalized spacial score (nSPS) is 43.4. The van der Waals surface area contributed by atoms with Gasteiger partial charge in [-0.05, 0) is 57.8 Å². The molecule has 0 aliphatic carbocycles. The molecule has 0 radical (unpaired) electrons. The highest BCUT2D eigenvalue weighted by Gasteiger charge is 2.59. The highest BCUT2D eigenvalue weighted by atomic mass is 16.7. The maximum absolute atomic E-state index is 13.8. The Balaban J connectivity index is 1.64. The number of methoxy groups -OCH3 is 2. The molecule has 250 valence electrons. The third-order valence-corrected chi connectivity index (χ3v) is 10.1. The number of hydrogen-bond acceptors (Lipinski definition) is 11. The minimum Gasteiger partial charge on any atom is -0.464 e. The smallest absolute Gasteiger partial charge is 0.328 e. The summed E-state index contributed by atoms with van der Waals surface area (Å²) in [6.45, 7) is 7.58. The van der Waals surface area contributed by atoms with Crippen LogP contribution in [-0.4, -0.2) is 114 Å². The number of aliphatic hydroxyl groups excluding tert-OH is 1. The van der Waals surface area contributed by atoms with Gasteiger partial charge >= 0.3 is 5.97 Å². The number of carbonyl (C=O) groups excluding carboxylic acids is 4. The Kier molecular flexibility index (Phi) is 11.3. The van der Waals surface area contributed by atoms with Crippen molar-refractivity contribution in [1.29, 1.82) is 0 Å². The lowest BCUT2D eigenvalue weighted by molar-refractivity contribution is -0.302. The van der Waals surface area contributed by atoms with Crippen LogP contribution >= 0.6 is 0 Å². The van der Waals surface area contributed by atoms with Crippen molar-refractivity contribution < 1.29 is 53.1 Å². The van der Waals surface area contributed by atoms with Crippen molar-refractivity contribution in [1.82, 2.24) is 4.90 Å². The fraction of sp³-hybridized carbons (Fsp3) is 0.875. The van der Waals surface area contributed by atoms with E-state index < -0.39 is 65.4 Å². The van der Waals surface area contributed by atoms with Crippen LogP contribution in [0.4, 0.5) is 0 Å². The first-order valence-corrected chi connectivity index (χ1v) is 16.2. The molecule has 4 fully saturated rings. The van der Waals surface area contributed by atoms with Crippen LogP contribution in [0.3, 0.4) is 0 Å². The van der Waals surface area contributed by atoms with Crippen LogP contribution in [0.5, 0.6) is 0 Å². The number of epoxide rings is 1. The standard InChI is InChI=1S/C32H51NO11/c1-7-21-23(35)16-20(34)11-13-42-30(38)22-10-8-9-12-33(22)29(37)27(36)32(39)19(3)15-25(41-6)26(43-32)24(40-5)14-18(2)17-31(4)28(21)44-31/h18-22,24-26,28,34,39H,7-17H2,1-6H3/t18-,19-,20-,21+,22+,24+,25+,26-,28-,31-,32-/m1/s1. The molecular formula is C32H51NO11. The molecule has 4 aliphatic rings. The van der Waals surface area contributed by atoms with Crippen LogP contribution in [0.1, 0.15) is 85.5 Å². The van der Waals surface area contributed by atoms with Crippen molar-refractivity contribution in [3.05, 3.63) is 0 Å². The molecule has 4 aliphatic heterocycles. The number of Topliss-reactive ketones (excluding diaryl/α,β-unsaturated/α-hetero) is 2. The van der Waals surface area contributed by atoms with Crippen LogP contribution in [0, 0.1) is 17.8 Å². The molecule has 1 amide bonds. The molecule has 4 heterocycles. The highest BCUT2D eigenvalue weighted by Crippen LogP contribution is 2.48. The molecule has 0 saturated carbocycles. The van der Waals surface area contributed by atoms with Gasteiger partial charge in [-0.1, -0.05) is 20.8 Å². The van der Waals surface area contributed by atoms with Gasteiger partial charge in [0.15, 0.2) is 0 Å². The van der Waals surface area contributed by atoms with Gasteiger partial charge in [-0.3, -0.25) is 14.4 Å². The largest absolute Gasteiger partial charge is 0.464 e. The third kappa shape index (κ3) is 7.20. The minimum absolute atomic E-state index is 0.0328. The second-order valence-corrected chi connectivity index (χ2v) is 13.5. The van der Waals surface area contributed by atoms with Gasteiger partial charge in [-0.2, -0.15) is 0 Å². The molecule has 11 atom stereocenters. The van der Waals surface area contributed by atoms with Gasteiger partial charge < -0.3 is 38.8 Å². The van der Waals surface area contributed by atoms with Crippen LogP contribution < -0.4 is 0 Å². The van der Waals surface area contributed by atoms with Gasteiger partial charge in [-0.15, -0.1) is 0 Å². The van der Waals surface area contributed by atoms with Crippen molar-refractivity contribution >= 4 is 23.4 Å². The van der Waals surface area contributed by atoms with E-state index in [2.05, 4.69) is 0 Å². The van der Waals surface area contributed by atoms with E-state index in [-0.39, 0.29) is 56.1 Å². The van der Waals surface area contributed by atoms with Crippen molar-refractivity contribution in [3.8, 4) is 0 Å². The molecule has 4 saturated heterocycles. The summed E-state index contributed by atoms with van der Waals surface area (Å²) in [5.74, 6) is -6.51. The highest BCUT2D eigenvalue weighted by molar-refractivity contribution is 6.39. The molecule has 0 unspecified atom stereocenters. The molecule has 4 rings (SSSR count). The monoisotopic (exact) mass is 625 g/mol. The number of carbonyl (C=O) groups is 4. The number of amides is 1. The first-order valence-electron chi connectivity index (χ1n) is 16.2. The maximum Gasteiger partial charge on any atom is 0.328 e. The number of fused-ring (bicyclic) bond motifs is 4. The lowest BCUT2D eigenvalue weighted by Gasteiger charge is -2.47. The van der Waals surface area contributed by atoms with Gasteiger partial charge in [-0.25, -0.2) is 4.79 Å². The van der Waals surface area contributed by atoms with E-state index in [0.717, 1.165) is 4.90 Å². The average Bonchev–Trinajstić information content (AvgIpc) is 3.64. The zero-order chi connectivity index (χ0) is 32.4. The average molecular weight is 626 g/mol. The lowest BCUT2D eigenvalue weighted by atomic mass is 9.80. The molecule has 0 aromatic rings. The maximum atomic E-state index is 13.8. The fourth-order valence-electron chi connectivity index (χ4n) is 7.52. The Morgan fingerprint density at radius 1 is 1.00 bits per heavy atom. The third-order valence-electron chi connectivity index (χ3n) is 10.1. The number of esters is 1. The molecule has 0 aromatic heterocycles. The van der Waals surface area contributed by atoms with Crippen LogP contribution in [0.25, 0.3) is 0 Å². The second-order valence-electron chi connectivity index (χ2n) is 13.5. The zero-order valence-electron chi connectivity index (χ0n) is 27.0. The molecule has 12 heteroatoms. The Morgan fingerprint density at radius 2 is 1.68 bits per heavy atom. The number of nitrogens with zero attached hydrogens (tertiary/aromatic N) is 1. The lowest BCUT2D eigenvalue weighted by Crippen LogP contribution is -2.64. The first kappa shape index (κ1) is 34.9. The van der Waals surface area contributed by atoms with Crippen LogP contribution in [0.15, 0.2) is 0 Å². The molecular weight excluding hydrogens is 574 g/mol. The first-order chi connectivity index (χ1) is 20.8. The van der Waals surface area contributed by atoms with E-state index in [1.165, 1.54) is 14.2 Å². The summed E-state index contributed by atoms with van der Waals surface area (Å²) in [6, 6.07) is -1.01.